The quantitative estimate of drug-likeness (QED) is 0.0523. The molecule has 0 unspecified atom stereocenters. The molecule has 5 amide bonds. The van der Waals surface area contributed by atoms with Gasteiger partial charge in [0.05, 0.1) is 33.9 Å². The molecule has 17 heteroatoms. The van der Waals surface area contributed by atoms with Crippen LogP contribution in [0.4, 0.5) is 22.9 Å². The number of likely N-dealkylation sites (tertiary alicyclic amines) is 1. The molecular formula is C52H54N10O6S. The molecule has 1 fully saturated rings. The summed E-state index contributed by atoms with van der Waals surface area (Å²) in [5.74, 6) is -1.65. The van der Waals surface area contributed by atoms with E-state index in [4.69, 9.17) is 0 Å². The Kier molecular flexibility index (Phi) is 14.3. The minimum absolute atomic E-state index is 0.0525. The molecular weight excluding hydrogens is 893 g/mol. The van der Waals surface area contributed by atoms with E-state index in [1.165, 1.54) is 11.2 Å². The van der Waals surface area contributed by atoms with Crippen molar-refractivity contribution in [3.05, 3.63) is 138 Å². The number of aromatic amines is 1. The third-order valence-electron chi connectivity index (χ3n) is 12.0. The molecule has 69 heavy (non-hydrogen) atoms. The zero-order chi connectivity index (χ0) is 48.8. The second-order valence-corrected chi connectivity index (χ2v) is 19.1. The van der Waals surface area contributed by atoms with Crippen molar-refractivity contribution in [2.75, 3.05) is 22.5 Å². The predicted molar refractivity (Wildman–Crippen MR) is 268 cm³/mol. The Hall–Kier alpha value is -7.76. The summed E-state index contributed by atoms with van der Waals surface area (Å²) in [6.07, 6.45) is 2.15. The first-order valence-corrected chi connectivity index (χ1v) is 23.5. The van der Waals surface area contributed by atoms with Gasteiger partial charge in [-0.05, 0) is 78.9 Å². The van der Waals surface area contributed by atoms with Gasteiger partial charge in [-0.2, -0.15) is 0 Å². The van der Waals surface area contributed by atoms with Crippen LogP contribution in [0.25, 0.3) is 32.6 Å². The number of amides is 5. The maximum Gasteiger partial charge on any atom is 0.255 e. The average molecular weight is 947 g/mol. The number of β-amino-alcohol motifs (C(OH)–C–C–N with tert-alkyl or cyclic N) is 1. The van der Waals surface area contributed by atoms with Crippen LogP contribution in [0.1, 0.15) is 74.6 Å². The first-order chi connectivity index (χ1) is 33.1. The lowest BCUT2D eigenvalue weighted by Gasteiger charge is -2.35. The van der Waals surface area contributed by atoms with Crippen LogP contribution in [0.5, 0.6) is 0 Å². The van der Waals surface area contributed by atoms with E-state index in [0.29, 0.717) is 28.4 Å². The topological polar surface area (TPSA) is 223 Å². The molecule has 7 aromatic rings. The second kappa shape index (κ2) is 20.6. The van der Waals surface area contributed by atoms with Crippen molar-refractivity contribution < 1.29 is 29.1 Å². The maximum absolute atomic E-state index is 14.1. The largest absolute Gasteiger partial charge is 0.391 e. The van der Waals surface area contributed by atoms with Crippen molar-refractivity contribution in [1.29, 1.82) is 0 Å². The van der Waals surface area contributed by atoms with Crippen LogP contribution in [0.15, 0.2) is 121 Å². The highest BCUT2D eigenvalue weighted by Crippen LogP contribution is 2.31. The standard InChI is InChI=1S/C52H54N10O6S/c1-30(32-13-15-33(16-14-32)47-31(2)56-29-69-47)57-50(67)43-24-38(63)27-62(43)51(68)48(52(3,4)5)61-46(65)22-21-45(64)59-35-19-17-34(18-20-35)49(66)60-37-10-8-9-36(23-37)58-44-25-42(54-28-55-44)40-26-53-41-12-7-6-11-39(40)41/h6-20,23,25-26,28-30,38,43,48,53,63H,21-22,24,27H2,1-5H3,(H,57,67)(H,59,64)(H,60,66)(H,61,65)(H,54,55,58)/t30-,38+,43-,48+/m0/s1. The molecule has 4 atom stereocenters. The van der Waals surface area contributed by atoms with Crippen LogP contribution < -0.4 is 26.6 Å². The Labute approximate surface area is 403 Å². The highest BCUT2D eigenvalue weighted by Gasteiger charge is 2.44. The number of aliphatic hydroxyl groups is 1. The van der Waals surface area contributed by atoms with Crippen LogP contribution in [0, 0.1) is 12.3 Å². The number of fused-ring (bicyclic) bond motifs is 1. The van der Waals surface area contributed by atoms with Crippen LogP contribution >= 0.6 is 11.3 Å². The van der Waals surface area contributed by atoms with Crippen molar-refractivity contribution >= 4 is 74.7 Å². The summed E-state index contributed by atoms with van der Waals surface area (Å²) in [6, 6.07) is 28.9. The first-order valence-electron chi connectivity index (χ1n) is 22.6. The maximum atomic E-state index is 14.1. The highest BCUT2D eigenvalue weighted by molar-refractivity contribution is 7.13. The normalized spacial score (nSPS) is 15.5. The van der Waals surface area contributed by atoms with E-state index in [1.807, 2.05) is 86.8 Å². The molecule has 8 rings (SSSR count). The van der Waals surface area contributed by atoms with E-state index in [2.05, 4.69) is 46.5 Å². The monoisotopic (exact) mass is 946 g/mol. The Morgan fingerprint density at radius 2 is 1.57 bits per heavy atom. The molecule has 16 nitrogen and oxygen atoms in total. The second-order valence-electron chi connectivity index (χ2n) is 18.2. The fraction of sp³-hybridized carbons (Fsp3) is 0.269. The summed E-state index contributed by atoms with van der Waals surface area (Å²) in [7, 11) is 0. The number of benzene rings is 4. The summed E-state index contributed by atoms with van der Waals surface area (Å²) in [5.41, 5.74) is 8.64. The molecule has 0 aliphatic carbocycles. The van der Waals surface area contributed by atoms with Gasteiger partial charge in [0, 0.05) is 77.2 Å². The van der Waals surface area contributed by atoms with Crippen molar-refractivity contribution in [3.8, 4) is 21.7 Å². The van der Waals surface area contributed by atoms with Gasteiger partial charge in [0.15, 0.2) is 0 Å². The number of para-hydroxylation sites is 1. The van der Waals surface area contributed by atoms with E-state index in [-0.39, 0.29) is 37.8 Å². The molecule has 1 aliphatic heterocycles. The van der Waals surface area contributed by atoms with E-state index in [9.17, 15) is 29.1 Å². The Bertz CT molecular complexity index is 3000. The fourth-order valence-electron chi connectivity index (χ4n) is 8.29. The molecule has 1 saturated heterocycles. The van der Waals surface area contributed by atoms with Crippen LogP contribution in [-0.2, 0) is 19.2 Å². The van der Waals surface area contributed by atoms with Crippen molar-refractivity contribution in [2.45, 2.75) is 78.1 Å². The van der Waals surface area contributed by atoms with Crippen molar-refractivity contribution in [2.24, 2.45) is 5.41 Å². The molecule has 1 aliphatic rings. The van der Waals surface area contributed by atoms with E-state index >= 15 is 0 Å². The van der Waals surface area contributed by atoms with E-state index in [1.54, 1.807) is 74.0 Å². The third-order valence-corrected chi connectivity index (χ3v) is 13.0. The van der Waals surface area contributed by atoms with Gasteiger partial charge >= 0.3 is 0 Å². The molecule has 4 heterocycles. The Morgan fingerprint density at radius 1 is 0.826 bits per heavy atom. The summed E-state index contributed by atoms with van der Waals surface area (Å²) < 4.78 is 0. The third kappa shape index (κ3) is 11.5. The van der Waals surface area contributed by atoms with Crippen LogP contribution in [0.3, 0.4) is 0 Å². The number of rotatable bonds is 15. The summed E-state index contributed by atoms with van der Waals surface area (Å²) in [6.45, 7) is 9.14. The van der Waals surface area contributed by atoms with E-state index < -0.39 is 47.2 Å². The smallest absolute Gasteiger partial charge is 0.255 e. The number of aliphatic hydroxyl groups excluding tert-OH is 1. The summed E-state index contributed by atoms with van der Waals surface area (Å²) in [5, 5.41) is 26.5. The fourth-order valence-corrected chi connectivity index (χ4v) is 9.10. The summed E-state index contributed by atoms with van der Waals surface area (Å²) in [4.78, 5) is 86.2. The van der Waals surface area contributed by atoms with Crippen molar-refractivity contribution in [3.63, 3.8) is 0 Å². The average Bonchev–Trinajstić information content (AvgIpc) is 4.08. The van der Waals surface area contributed by atoms with Crippen LogP contribution in [0.2, 0.25) is 0 Å². The van der Waals surface area contributed by atoms with Gasteiger partial charge in [-0.15, -0.1) is 11.3 Å². The van der Waals surface area contributed by atoms with Gasteiger partial charge in [-0.25, -0.2) is 15.0 Å². The zero-order valence-electron chi connectivity index (χ0n) is 38.9. The molecule has 4 aromatic carbocycles. The SMILES string of the molecule is Cc1ncsc1-c1ccc([C@H](C)NC(=O)[C@@H]2C[C@@H](O)CN2C(=O)[C@@H](NC(=O)CCC(=O)Nc2ccc(C(=O)Nc3cccc(Nc4cc(-c5c[nH]c6ccccc56)ncn4)c3)cc2)C(C)(C)C)cc1. The Morgan fingerprint density at radius 3 is 2.30 bits per heavy atom. The number of nitrogens with zero attached hydrogens (tertiary/aromatic N) is 4. The number of thiazole rings is 1. The number of H-pyrrole nitrogens is 1. The molecule has 0 bridgehead atoms. The molecule has 7 N–H and O–H groups in total. The summed E-state index contributed by atoms with van der Waals surface area (Å²) >= 11 is 1.56. The number of nitrogens with one attached hydrogen (secondary N) is 6. The van der Waals surface area contributed by atoms with Gasteiger partial charge in [0.25, 0.3) is 5.91 Å². The molecule has 0 saturated carbocycles. The molecule has 0 radical (unpaired) electrons. The minimum Gasteiger partial charge on any atom is -0.391 e. The van der Waals surface area contributed by atoms with Gasteiger partial charge in [-0.1, -0.05) is 69.3 Å². The number of hydrogen-bond donors (Lipinski definition) is 7. The van der Waals surface area contributed by atoms with Crippen LogP contribution in [-0.4, -0.2) is 84.2 Å². The van der Waals surface area contributed by atoms with E-state index in [0.717, 1.165) is 43.9 Å². The lowest BCUT2D eigenvalue weighted by molar-refractivity contribution is -0.144. The number of hydrogen-bond acceptors (Lipinski definition) is 11. The van der Waals surface area contributed by atoms with Gasteiger partial charge in [0.2, 0.25) is 23.6 Å². The molecule has 3 aromatic heterocycles. The molecule has 0 spiro atoms. The number of aryl methyl sites for hydroxylation is 1. The predicted octanol–water partition coefficient (Wildman–Crippen LogP) is 8.14. The van der Waals surface area contributed by atoms with Gasteiger partial charge in [0.1, 0.15) is 24.2 Å². The highest BCUT2D eigenvalue weighted by atomic mass is 32.1. The number of aromatic nitrogens is 4. The van der Waals surface area contributed by atoms with Crippen molar-refractivity contribution in [1.82, 2.24) is 35.5 Å². The first kappa shape index (κ1) is 47.7. The lowest BCUT2D eigenvalue weighted by atomic mass is 9.85. The number of carbonyl (C=O) groups is 5. The molecule has 354 valence electrons. The number of anilines is 4. The zero-order valence-corrected chi connectivity index (χ0v) is 39.7. The van der Waals surface area contributed by atoms with Gasteiger partial charge in [-0.3, -0.25) is 24.0 Å². The minimum atomic E-state index is -1.05. The van der Waals surface area contributed by atoms with Gasteiger partial charge < -0.3 is 41.6 Å². The lowest BCUT2D eigenvalue weighted by Crippen LogP contribution is -2.57. The Balaban J connectivity index is 0.809. The number of carbonyl (C=O) groups excluding carboxylic acids is 5.